The summed E-state index contributed by atoms with van der Waals surface area (Å²) in [7, 11) is 0. The molecule has 1 unspecified atom stereocenters. The molecule has 98 valence electrons. The molecule has 0 saturated carbocycles. The number of unbranched alkanes of at least 4 members (excludes halogenated alkanes) is 2. The molecule has 2 rings (SSSR count). The second kappa shape index (κ2) is 6.43. The highest BCUT2D eigenvalue weighted by atomic mass is 16.1. The highest BCUT2D eigenvalue weighted by molar-refractivity contribution is 5.86. The lowest BCUT2D eigenvalue weighted by Gasteiger charge is -2.25. The normalized spacial score (nSPS) is 17.7. The van der Waals surface area contributed by atoms with E-state index in [0.717, 1.165) is 37.2 Å². The number of amides is 1. The van der Waals surface area contributed by atoms with Gasteiger partial charge in [-0.15, -0.1) is 0 Å². The van der Waals surface area contributed by atoms with Crippen LogP contribution in [-0.2, 0) is 4.79 Å². The van der Waals surface area contributed by atoms with Crippen molar-refractivity contribution in [2.45, 2.75) is 38.5 Å². The van der Waals surface area contributed by atoms with Gasteiger partial charge in [0.1, 0.15) is 0 Å². The van der Waals surface area contributed by atoms with Gasteiger partial charge in [0.05, 0.1) is 5.92 Å². The molecule has 0 spiro atoms. The number of anilines is 1. The van der Waals surface area contributed by atoms with E-state index in [9.17, 15) is 4.79 Å². The third-order valence-electron chi connectivity index (χ3n) is 3.48. The number of rotatable bonds is 5. The zero-order chi connectivity index (χ0) is 12.8. The molecule has 3 nitrogen and oxygen atoms in total. The summed E-state index contributed by atoms with van der Waals surface area (Å²) in [4.78, 5) is 12.2. The molecule has 1 aromatic carbocycles. The second-order valence-corrected chi connectivity index (χ2v) is 4.85. The molecule has 3 heteroatoms. The van der Waals surface area contributed by atoms with E-state index in [1.807, 2.05) is 18.2 Å². The largest absolute Gasteiger partial charge is 0.385 e. The van der Waals surface area contributed by atoms with Crippen LogP contribution < -0.4 is 10.6 Å². The third kappa shape index (κ3) is 3.03. The van der Waals surface area contributed by atoms with E-state index in [2.05, 4.69) is 23.6 Å². The molecular formula is C15H22N2O. The topological polar surface area (TPSA) is 41.1 Å². The van der Waals surface area contributed by atoms with Gasteiger partial charge in [-0.1, -0.05) is 38.0 Å². The fourth-order valence-electron chi connectivity index (χ4n) is 2.45. The Morgan fingerprint density at radius 3 is 3.06 bits per heavy atom. The van der Waals surface area contributed by atoms with Crippen LogP contribution in [0.4, 0.5) is 5.69 Å². The van der Waals surface area contributed by atoms with Gasteiger partial charge in [-0.3, -0.25) is 4.79 Å². The maximum atomic E-state index is 12.2. The highest BCUT2D eigenvalue weighted by Gasteiger charge is 2.25. The maximum absolute atomic E-state index is 12.2. The fraction of sp³-hybridized carbons (Fsp3) is 0.533. The van der Waals surface area contributed by atoms with Gasteiger partial charge in [0.15, 0.2) is 0 Å². The van der Waals surface area contributed by atoms with Crippen molar-refractivity contribution in [2.75, 3.05) is 18.4 Å². The smallest absolute Gasteiger partial charge is 0.227 e. The molecule has 1 aromatic rings. The first-order chi connectivity index (χ1) is 8.83. The summed E-state index contributed by atoms with van der Waals surface area (Å²) in [6, 6.07) is 8.11. The Bertz CT molecular complexity index is 403. The summed E-state index contributed by atoms with van der Waals surface area (Å²) in [5.41, 5.74) is 2.24. The van der Waals surface area contributed by atoms with E-state index < -0.39 is 0 Å². The molecule has 0 aromatic heterocycles. The van der Waals surface area contributed by atoms with Crippen molar-refractivity contribution in [3.05, 3.63) is 29.8 Å². The summed E-state index contributed by atoms with van der Waals surface area (Å²) < 4.78 is 0. The van der Waals surface area contributed by atoms with Crippen LogP contribution in [-0.4, -0.2) is 19.0 Å². The third-order valence-corrected chi connectivity index (χ3v) is 3.48. The molecule has 0 bridgehead atoms. The van der Waals surface area contributed by atoms with Crippen LogP contribution in [0.1, 0.15) is 44.1 Å². The van der Waals surface area contributed by atoms with E-state index in [1.165, 1.54) is 12.8 Å². The van der Waals surface area contributed by atoms with Gasteiger partial charge in [-0.2, -0.15) is 0 Å². The van der Waals surface area contributed by atoms with Gasteiger partial charge in [0.25, 0.3) is 0 Å². The lowest BCUT2D eigenvalue weighted by atomic mass is 9.90. The van der Waals surface area contributed by atoms with Crippen LogP contribution in [0.3, 0.4) is 0 Å². The molecule has 0 saturated heterocycles. The molecular weight excluding hydrogens is 224 g/mol. The molecule has 2 N–H and O–H groups in total. The van der Waals surface area contributed by atoms with Crippen LogP contribution in [0.5, 0.6) is 0 Å². The number of fused-ring (bicyclic) bond motifs is 1. The Hall–Kier alpha value is -1.51. The molecule has 1 heterocycles. The number of nitrogens with one attached hydrogen (secondary N) is 2. The second-order valence-electron chi connectivity index (χ2n) is 4.85. The molecule has 0 fully saturated rings. The Labute approximate surface area is 109 Å². The first-order valence-corrected chi connectivity index (χ1v) is 6.93. The molecule has 0 radical (unpaired) electrons. The molecule has 1 amide bonds. The quantitative estimate of drug-likeness (QED) is 0.784. The average Bonchev–Trinajstić information content (AvgIpc) is 2.43. The Morgan fingerprint density at radius 2 is 2.22 bits per heavy atom. The van der Waals surface area contributed by atoms with Gasteiger partial charge in [0, 0.05) is 18.8 Å². The minimum atomic E-state index is 0.0177. The molecule has 0 aliphatic carbocycles. The summed E-state index contributed by atoms with van der Waals surface area (Å²) in [5, 5.41) is 6.41. The van der Waals surface area contributed by atoms with Crippen LogP contribution in [0.15, 0.2) is 24.3 Å². The maximum Gasteiger partial charge on any atom is 0.227 e. The van der Waals surface area contributed by atoms with E-state index >= 15 is 0 Å². The van der Waals surface area contributed by atoms with Crippen molar-refractivity contribution >= 4 is 11.6 Å². The first kappa shape index (κ1) is 12.9. The Morgan fingerprint density at radius 1 is 1.39 bits per heavy atom. The number of hydrogen-bond acceptors (Lipinski definition) is 2. The van der Waals surface area contributed by atoms with Gasteiger partial charge in [-0.05, 0) is 24.5 Å². The van der Waals surface area contributed by atoms with Gasteiger partial charge < -0.3 is 10.6 Å². The summed E-state index contributed by atoms with van der Waals surface area (Å²) >= 11 is 0. The standard InChI is InChI=1S/C15H22N2O/c1-2-3-6-10-17-15(18)13-9-11-16-14-8-5-4-7-12(13)14/h4-5,7-8,13,16H,2-3,6,9-11H2,1H3,(H,17,18). The highest BCUT2D eigenvalue weighted by Crippen LogP contribution is 2.31. The number of benzene rings is 1. The van der Waals surface area contributed by atoms with Gasteiger partial charge in [0.2, 0.25) is 5.91 Å². The Balaban J connectivity index is 1.95. The minimum Gasteiger partial charge on any atom is -0.385 e. The average molecular weight is 246 g/mol. The van der Waals surface area contributed by atoms with Crippen LogP contribution in [0.2, 0.25) is 0 Å². The zero-order valence-electron chi connectivity index (χ0n) is 11.0. The summed E-state index contributed by atoms with van der Waals surface area (Å²) in [6.07, 6.45) is 4.33. The lowest BCUT2D eigenvalue weighted by molar-refractivity contribution is -0.122. The van der Waals surface area contributed by atoms with Crippen molar-refractivity contribution in [1.29, 1.82) is 0 Å². The number of para-hydroxylation sites is 1. The molecule has 1 aliphatic heterocycles. The fourth-order valence-corrected chi connectivity index (χ4v) is 2.45. The SMILES string of the molecule is CCCCCNC(=O)C1CCNc2ccccc21. The molecule has 18 heavy (non-hydrogen) atoms. The van der Waals surface area contributed by atoms with Crippen LogP contribution in [0.25, 0.3) is 0 Å². The van der Waals surface area contributed by atoms with E-state index in [4.69, 9.17) is 0 Å². The lowest BCUT2D eigenvalue weighted by Crippen LogP contribution is -2.33. The number of hydrogen-bond donors (Lipinski definition) is 2. The van der Waals surface area contributed by atoms with Crippen molar-refractivity contribution in [3.63, 3.8) is 0 Å². The molecule has 1 aliphatic rings. The van der Waals surface area contributed by atoms with Crippen LogP contribution >= 0.6 is 0 Å². The summed E-state index contributed by atoms with van der Waals surface area (Å²) in [6.45, 7) is 3.85. The van der Waals surface area contributed by atoms with Crippen molar-refractivity contribution in [3.8, 4) is 0 Å². The van der Waals surface area contributed by atoms with E-state index in [-0.39, 0.29) is 11.8 Å². The van der Waals surface area contributed by atoms with Crippen molar-refractivity contribution in [1.82, 2.24) is 5.32 Å². The first-order valence-electron chi connectivity index (χ1n) is 6.93. The van der Waals surface area contributed by atoms with Gasteiger partial charge in [-0.25, -0.2) is 0 Å². The molecule has 1 atom stereocenters. The van der Waals surface area contributed by atoms with Crippen LogP contribution in [0, 0.1) is 0 Å². The van der Waals surface area contributed by atoms with E-state index in [0.29, 0.717) is 0 Å². The van der Waals surface area contributed by atoms with Gasteiger partial charge >= 0.3 is 0 Å². The minimum absolute atomic E-state index is 0.0177. The predicted octanol–water partition coefficient (Wildman–Crippen LogP) is 2.89. The summed E-state index contributed by atoms with van der Waals surface area (Å²) in [5.74, 6) is 0.198. The predicted molar refractivity (Wildman–Crippen MR) is 74.8 cm³/mol. The van der Waals surface area contributed by atoms with E-state index in [1.54, 1.807) is 0 Å². The zero-order valence-corrected chi connectivity index (χ0v) is 11.0. The Kier molecular flexibility index (Phi) is 4.62. The number of carbonyl (C=O) groups is 1. The number of carbonyl (C=O) groups excluding carboxylic acids is 1. The van der Waals surface area contributed by atoms with Crippen molar-refractivity contribution in [2.24, 2.45) is 0 Å². The van der Waals surface area contributed by atoms with Crippen molar-refractivity contribution < 1.29 is 4.79 Å². The monoisotopic (exact) mass is 246 g/mol.